The Morgan fingerprint density at radius 2 is 1.79 bits per heavy atom. The molecule has 0 aromatic carbocycles. The topological polar surface area (TPSA) is 79.2 Å². The lowest BCUT2D eigenvalue weighted by molar-refractivity contribution is -0.263. The summed E-state index contributed by atoms with van der Waals surface area (Å²) in [4.78, 5) is 0. The van der Waals surface area contributed by atoms with Gasteiger partial charge in [-0.1, -0.05) is 13.8 Å². The van der Waals surface area contributed by atoms with Crippen LogP contribution in [-0.4, -0.2) is 58.6 Å². The zero-order chi connectivity index (χ0) is 14.8. The van der Waals surface area contributed by atoms with Crippen LogP contribution in [-0.2, 0) is 9.47 Å². The standard InChI is InChI=1S/C14H28O5/c1-6-18-14(4,5)13-12(17)11(16)10(8(2)3)9(7-15)19-13/h8-13,15-17H,6-7H2,1-5H3. The average molecular weight is 276 g/mol. The van der Waals surface area contributed by atoms with Crippen molar-refractivity contribution in [3.63, 3.8) is 0 Å². The number of aliphatic hydroxyl groups is 3. The fraction of sp³-hybridized carbons (Fsp3) is 1.00. The van der Waals surface area contributed by atoms with Gasteiger partial charge in [0.15, 0.2) is 0 Å². The van der Waals surface area contributed by atoms with E-state index in [1.54, 1.807) is 0 Å². The minimum Gasteiger partial charge on any atom is -0.394 e. The van der Waals surface area contributed by atoms with Crippen molar-refractivity contribution >= 4 is 0 Å². The number of hydrogen-bond donors (Lipinski definition) is 3. The smallest absolute Gasteiger partial charge is 0.115 e. The van der Waals surface area contributed by atoms with E-state index in [4.69, 9.17) is 9.47 Å². The van der Waals surface area contributed by atoms with E-state index in [0.29, 0.717) is 6.61 Å². The highest BCUT2D eigenvalue weighted by molar-refractivity contribution is 4.99. The second-order valence-electron chi connectivity index (χ2n) is 6.12. The molecular weight excluding hydrogens is 248 g/mol. The van der Waals surface area contributed by atoms with Crippen LogP contribution < -0.4 is 0 Å². The molecule has 0 aromatic rings. The first-order valence-corrected chi connectivity index (χ1v) is 7.02. The highest BCUT2D eigenvalue weighted by atomic mass is 16.6. The summed E-state index contributed by atoms with van der Waals surface area (Å²) in [5.41, 5.74) is -0.718. The van der Waals surface area contributed by atoms with E-state index in [9.17, 15) is 15.3 Å². The predicted molar refractivity (Wildman–Crippen MR) is 71.8 cm³/mol. The molecule has 3 N–H and O–H groups in total. The quantitative estimate of drug-likeness (QED) is 0.683. The van der Waals surface area contributed by atoms with Crippen molar-refractivity contribution in [2.75, 3.05) is 13.2 Å². The molecule has 19 heavy (non-hydrogen) atoms. The van der Waals surface area contributed by atoms with Crippen LogP contribution in [0.1, 0.15) is 34.6 Å². The summed E-state index contributed by atoms with van der Waals surface area (Å²) in [5.74, 6) is -0.174. The molecule has 1 heterocycles. The molecule has 5 unspecified atom stereocenters. The lowest BCUT2D eigenvalue weighted by Gasteiger charge is -2.48. The maximum absolute atomic E-state index is 10.3. The SMILES string of the molecule is CCOC(C)(C)C1OC(CO)C(C(C)C)C(O)C1O. The van der Waals surface area contributed by atoms with Crippen molar-refractivity contribution in [1.82, 2.24) is 0 Å². The molecule has 114 valence electrons. The first kappa shape index (κ1) is 16.9. The Labute approximate surface area is 115 Å². The van der Waals surface area contributed by atoms with E-state index in [0.717, 1.165) is 0 Å². The highest BCUT2D eigenvalue weighted by Crippen LogP contribution is 2.36. The molecule has 1 rings (SSSR count). The molecule has 5 heteroatoms. The number of ether oxygens (including phenoxy) is 2. The number of aliphatic hydroxyl groups excluding tert-OH is 3. The summed E-state index contributed by atoms with van der Waals surface area (Å²) in [6.07, 6.45) is -3.08. The van der Waals surface area contributed by atoms with Gasteiger partial charge >= 0.3 is 0 Å². The monoisotopic (exact) mass is 276 g/mol. The molecule has 1 saturated heterocycles. The summed E-state index contributed by atoms with van der Waals surface area (Å²) in [5, 5.41) is 30.1. The van der Waals surface area contributed by atoms with Gasteiger partial charge in [0.25, 0.3) is 0 Å². The van der Waals surface area contributed by atoms with Gasteiger partial charge in [0.05, 0.1) is 24.4 Å². The third kappa shape index (κ3) is 3.47. The Balaban J connectivity index is 2.94. The van der Waals surface area contributed by atoms with E-state index < -0.39 is 30.0 Å². The van der Waals surface area contributed by atoms with Crippen LogP contribution in [0.5, 0.6) is 0 Å². The molecule has 0 saturated carbocycles. The molecule has 0 amide bonds. The fourth-order valence-corrected chi connectivity index (χ4v) is 3.00. The van der Waals surface area contributed by atoms with Gasteiger partial charge in [-0.2, -0.15) is 0 Å². The van der Waals surface area contributed by atoms with Crippen molar-refractivity contribution in [3.05, 3.63) is 0 Å². The minimum atomic E-state index is -1.02. The van der Waals surface area contributed by atoms with Crippen LogP contribution >= 0.6 is 0 Å². The van der Waals surface area contributed by atoms with Crippen LogP contribution in [0.2, 0.25) is 0 Å². The normalized spacial score (nSPS) is 36.8. The third-order valence-corrected chi connectivity index (χ3v) is 3.96. The predicted octanol–water partition coefficient (Wildman–Crippen LogP) is 0.555. The van der Waals surface area contributed by atoms with Gasteiger partial charge in [-0.05, 0) is 26.7 Å². The van der Waals surface area contributed by atoms with Crippen LogP contribution in [0, 0.1) is 11.8 Å². The van der Waals surface area contributed by atoms with Crippen LogP contribution in [0.4, 0.5) is 0 Å². The van der Waals surface area contributed by atoms with E-state index in [2.05, 4.69) is 0 Å². The van der Waals surface area contributed by atoms with E-state index in [1.165, 1.54) is 0 Å². The van der Waals surface area contributed by atoms with Gasteiger partial charge in [0.2, 0.25) is 0 Å². The summed E-state index contributed by atoms with van der Waals surface area (Å²) >= 11 is 0. The van der Waals surface area contributed by atoms with Gasteiger partial charge in [-0.15, -0.1) is 0 Å². The van der Waals surface area contributed by atoms with Crippen molar-refractivity contribution in [3.8, 4) is 0 Å². The maximum atomic E-state index is 10.3. The van der Waals surface area contributed by atoms with E-state index in [1.807, 2.05) is 34.6 Å². The molecule has 0 radical (unpaired) electrons. The van der Waals surface area contributed by atoms with Gasteiger partial charge in [0.1, 0.15) is 12.2 Å². The van der Waals surface area contributed by atoms with Gasteiger partial charge < -0.3 is 24.8 Å². The third-order valence-electron chi connectivity index (χ3n) is 3.96. The van der Waals surface area contributed by atoms with Crippen LogP contribution in [0.25, 0.3) is 0 Å². The van der Waals surface area contributed by atoms with Crippen molar-refractivity contribution in [1.29, 1.82) is 0 Å². The Bertz CT molecular complexity index is 277. The van der Waals surface area contributed by atoms with Gasteiger partial charge in [-0.25, -0.2) is 0 Å². The molecule has 1 aliphatic heterocycles. The summed E-state index contributed by atoms with van der Waals surface area (Å²) in [7, 11) is 0. The zero-order valence-corrected chi connectivity index (χ0v) is 12.5. The molecule has 0 spiro atoms. The summed E-state index contributed by atoms with van der Waals surface area (Å²) < 4.78 is 11.4. The average Bonchev–Trinajstić information content (AvgIpc) is 2.31. The Morgan fingerprint density at radius 1 is 1.21 bits per heavy atom. The molecule has 1 aliphatic rings. The molecule has 5 atom stereocenters. The first-order valence-electron chi connectivity index (χ1n) is 7.02. The van der Waals surface area contributed by atoms with Crippen LogP contribution in [0.3, 0.4) is 0 Å². The van der Waals surface area contributed by atoms with Gasteiger partial charge in [-0.3, -0.25) is 0 Å². The van der Waals surface area contributed by atoms with Gasteiger partial charge in [0, 0.05) is 12.5 Å². The molecular formula is C14H28O5. The molecule has 0 aliphatic carbocycles. The Hall–Kier alpha value is -0.200. The second-order valence-corrected chi connectivity index (χ2v) is 6.12. The lowest BCUT2D eigenvalue weighted by atomic mass is 9.77. The summed E-state index contributed by atoms with van der Waals surface area (Å²) in [6.45, 7) is 9.72. The highest BCUT2D eigenvalue weighted by Gasteiger charge is 2.50. The minimum absolute atomic E-state index is 0.109. The van der Waals surface area contributed by atoms with Crippen molar-refractivity contribution in [2.45, 2.75) is 64.6 Å². The molecule has 0 aromatic heterocycles. The van der Waals surface area contributed by atoms with E-state index in [-0.39, 0.29) is 18.4 Å². The lowest BCUT2D eigenvalue weighted by Crippen LogP contribution is -2.63. The zero-order valence-electron chi connectivity index (χ0n) is 12.5. The number of rotatable bonds is 5. The Kier molecular flexibility index (Phi) is 5.77. The largest absolute Gasteiger partial charge is 0.394 e. The number of hydrogen-bond acceptors (Lipinski definition) is 5. The second kappa shape index (κ2) is 6.50. The van der Waals surface area contributed by atoms with Crippen LogP contribution in [0.15, 0.2) is 0 Å². The van der Waals surface area contributed by atoms with Crippen molar-refractivity contribution < 1.29 is 24.8 Å². The van der Waals surface area contributed by atoms with E-state index >= 15 is 0 Å². The van der Waals surface area contributed by atoms with Crippen molar-refractivity contribution in [2.24, 2.45) is 11.8 Å². The first-order chi connectivity index (χ1) is 8.76. The summed E-state index contributed by atoms with van der Waals surface area (Å²) in [6, 6.07) is 0. The molecule has 0 bridgehead atoms. The molecule has 5 nitrogen and oxygen atoms in total. The Morgan fingerprint density at radius 3 is 2.21 bits per heavy atom. The molecule has 1 fully saturated rings. The maximum Gasteiger partial charge on any atom is 0.115 e. The fourth-order valence-electron chi connectivity index (χ4n) is 3.00.